The molecule has 2 unspecified atom stereocenters. The third-order valence-corrected chi connectivity index (χ3v) is 3.62. The molecule has 0 aliphatic rings. The van der Waals surface area contributed by atoms with E-state index < -0.39 is 0 Å². The summed E-state index contributed by atoms with van der Waals surface area (Å²) in [6.07, 6.45) is 3.96. The van der Waals surface area contributed by atoms with E-state index >= 15 is 0 Å². The Morgan fingerprint density at radius 3 is 2.75 bits per heavy atom. The maximum atomic E-state index is 4.15. The van der Waals surface area contributed by atoms with Gasteiger partial charge < -0.3 is 9.88 Å². The zero-order chi connectivity index (χ0) is 14.5. The molecular formula is C16H24N4. The lowest BCUT2D eigenvalue weighted by Gasteiger charge is -2.19. The SMILES string of the molecule is Cc1cccc(CCC(C)NC(C)c2nncn2C)c1. The monoisotopic (exact) mass is 272 g/mol. The molecule has 2 atom stereocenters. The fraction of sp³-hybridized carbons (Fsp3) is 0.500. The highest BCUT2D eigenvalue weighted by molar-refractivity contribution is 5.22. The number of aryl methyl sites for hydroxylation is 3. The van der Waals surface area contributed by atoms with Gasteiger partial charge in [-0.3, -0.25) is 0 Å². The molecule has 2 aromatic rings. The van der Waals surface area contributed by atoms with Gasteiger partial charge in [-0.05, 0) is 39.2 Å². The smallest absolute Gasteiger partial charge is 0.149 e. The van der Waals surface area contributed by atoms with Gasteiger partial charge in [0.1, 0.15) is 12.2 Å². The maximum absolute atomic E-state index is 4.15. The van der Waals surface area contributed by atoms with Gasteiger partial charge in [-0.2, -0.15) is 0 Å². The van der Waals surface area contributed by atoms with Crippen LogP contribution in [0.15, 0.2) is 30.6 Å². The molecule has 0 fully saturated rings. The molecule has 2 rings (SSSR count). The summed E-state index contributed by atoms with van der Waals surface area (Å²) in [5, 5.41) is 11.7. The first-order chi connectivity index (χ1) is 9.56. The lowest BCUT2D eigenvalue weighted by Crippen LogP contribution is -2.30. The van der Waals surface area contributed by atoms with Crippen LogP contribution in [0, 0.1) is 6.92 Å². The standard InChI is InChI=1S/C16H24N4/c1-12-6-5-7-15(10-12)9-8-13(2)18-14(3)16-19-17-11-20(16)4/h5-7,10-11,13-14,18H,8-9H2,1-4H3. The van der Waals surface area contributed by atoms with Crippen molar-refractivity contribution >= 4 is 0 Å². The molecule has 0 aliphatic carbocycles. The molecule has 1 heterocycles. The first kappa shape index (κ1) is 14.7. The zero-order valence-electron chi connectivity index (χ0n) is 12.8. The summed E-state index contributed by atoms with van der Waals surface area (Å²) in [6.45, 7) is 6.50. The fourth-order valence-electron chi connectivity index (χ4n) is 2.52. The summed E-state index contributed by atoms with van der Waals surface area (Å²) >= 11 is 0. The van der Waals surface area contributed by atoms with E-state index in [1.165, 1.54) is 11.1 Å². The molecule has 1 aromatic heterocycles. The lowest BCUT2D eigenvalue weighted by molar-refractivity contribution is 0.435. The van der Waals surface area contributed by atoms with Crippen LogP contribution in [0.4, 0.5) is 0 Å². The summed E-state index contributed by atoms with van der Waals surface area (Å²) in [6, 6.07) is 9.40. The molecule has 0 radical (unpaired) electrons. The Bertz CT molecular complexity index is 547. The molecule has 0 spiro atoms. The van der Waals surface area contributed by atoms with E-state index in [1.54, 1.807) is 6.33 Å². The number of hydrogen-bond donors (Lipinski definition) is 1. The van der Waals surface area contributed by atoms with E-state index in [4.69, 9.17) is 0 Å². The van der Waals surface area contributed by atoms with E-state index in [0.29, 0.717) is 6.04 Å². The van der Waals surface area contributed by atoms with Gasteiger partial charge in [-0.15, -0.1) is 10.2 Å². The van der Waals surface area contributed by atoms with Crippen LogP contribution in [-0.2, 0) is 13.5 Å². The molecule has 0 bridgehead atoms. The second-order valence-electron chi connectivity index (χ2n) is 5.62. The van der Waals surface area contributed by atoms with Crippen molar-refractivity contribution < 1.29 is 0 Å². The molecule has 4 heteroatoms. The molecule has 0 saturated heterocycles. The molecule has 0 saturated carbocycles. The average molecular weight is 272 g/mol. The first-order valence-electron chi connectivity index (χ1n) is 7.21. The largest absolute Gasteiger partial charge is 0.319 e. The third-order valence-electron chi connectivity index (χ3n) is 3.62. The van der Waals surface area contributed by atoms with Crippen LogP contribution in [0.1, 0.15) is 43.3 Å². The lowest BCUT2D eigenvalue weighted by atomic mass is 10.0. The van der Waals surface area contributed by atoms with Crippen molar-refractivity contribution in [3.8, 4) is 0 Å². The zero-order valence-corrected chi connectivity index (χ0v) is 12.8. The molecule has 1 aromatic carbocycles. The normalized spacial score (nSPS) is 14.2. The van der Waals surface area contributed by atoms with E-state index in [0.717, 1.165) is 18.7 Å². The second kappa shape index (κ2) is 6.66. The minimum Gasteiger partial charge on any atom is -0.319 e. The minimum atomic E-state index is 0.218. The van der Waals surface area contributed by atoms with Crippen LogP contribution >= 0.6 is 0 Å². The van der Waals surface area contributed by atoms with Gasteiger partial charge in [0.05, 0.1) is 6.04 Å². The molecule has 0 aliphatic heterocycles. The highest BCUT2D eigenvalue weighted by Crippen LogP contribution is 2.12. The third kappa shape index (κ3) is 3.90. The Kier molecular flexibility index (Phi) is 4.90. The van der Waals surface area contributed by atoms with Crippen LogP contribution in [0.5, 0.6) is 0 Å². The molecule has 1 N–H and O–H groups in total. The average Bonchev–Trinajstić information content (AvgIpc) is 2.83. The number of nitrogens with one attached hydrogen (secondary N) is 1. The number of hydrogen-bond acceptors (Lipinski definition) is 3. The van der Waals surface area contributed by atoms with E-state index in [1.807, 2.05) is 11.6 Å². The summed E-state index contributed by atoms with van der Waals surface area (Å²) in [5.41, 5.74) is 2.74. The van der Waals surface area contributed by atoms with Crippen molar-refractivity contribution in [3.63, 3.8) is 0 Å². The van der Waals surface area contributed by atoms with Crippen LogP contribution in [-0.4, -0.2) is 20.8 Å². The Balaban J connectivity index is 1.84. The van der Waals surface area contributed by atoms with E-state index in [-0.39, 0.29) is 6.04 Å². The second-order valence-corrected chi connectivity index (χ2v) is 5.62. The predicted octanol–water partition coefficient (Wildman–Crippen LogP) is 2.80. The number of aromatic nitrogens is 3. The topological polar surface area (TPSA) is 42.7 Å². The first-order valence-corrected chi connectivity index (χ1v) is 7.21. The Morgan fingerprint density at radius 1 is 1.30 bits per heavy atom. The summed E-state index contributed by atoms with van der Waals surface area (Å²) in [4.78, 5) is 0. The Labute approximate surface area is 121 Å². The van der Waals surface area contributed by atoms with E-state index in [9.17, 15) is 0 Å². The Hall–Kier alpha value is -1.68. The van der Waals surface area contributed by atoms with Crippen LogP contribution < -0.4 is 5.32 Å². The summed E-state index contributed by atoms with van der Waals surface area (Å²) in [5.74, 6) is 0.979. The quantitative estimate of drug-likeness (QED) is 0.879. The summed E-state index contributed by atoms with van der Waals surface area (Å²) in [7, 11) is 1.98. The maximum Gasteiger partial charge on any atom is 0.149 e. The van der Waals surface area contributed by atoms with E-state index in [2.05, 4.69) is 60.6 Å². The van der Waals surface area contributed by atoms with Crippen molar-refractivity contribution in [2.24, 2.45) is 7.05 Å². The predicted molar refractivity (Wildman–Crippen MR) is 81.5 cm³/mol. The number of nitrogens with zero attached hydrogens (tertiary/aromatic N) is 3. The van der Waals surface area contributed by atoms with Crippen LogP contribution in [0.25, 0.3) is 0 Å². The highest BCUT2D eigenvalue weighted by atomic mass is 15.3. The van der Waals surface area contributed by atoms with Gasteiger partial charge >= 0.3 is 0 Å². The van der Waals surface area contributed by atoms with Gasteiger partial charge in [0.25, 0.3) is 0 Å². The number of rotatable bonds is 6. The molecule has 0 amide bonds. The van der Waals surface area contributed by atoms with Crippen molar-refractivity contribution in [3.05, 3.63) is 47.5 Å². The van der Waals surface area contributed by atoms with Gasteiger partial charge in [-0.1, -0.05) is 29.8 Å². The van der Waals surface area contributed by atoms with Crippen molar-refractivity contribution in [2.75, 3.05) is 0 Å². The van der Waals surface area contributed by atoms with Gasteiger partial charge in [0.15, 0.2) is 0 Å². The Morgan fingerprint density at radius 2 is 2.10 bits per heavy atom. The summed E-state index contributed by atoms with van der Waals surface area (Å²) < 4.78 is 1.96. The number of benzene rings is 1. The van der Waals surface area contributed by atoms with Gasteiger partial charge in [0.2, 0.25) is 0 Å². The van der Waals surface area contributed by atoms with Crippen molar-refractivity contribution in [2.45, 2.75) is 45.7 Å². The van der Waals surface area contributed by atoms with Gasteiger partial charge in [-0.25, -0.2) is 0 Å². The van der Waals surface area contributed by atoms with Gasteiger partial charge in [0, 0.05) is 13.1 Å². The highest BCUT2D eigenvalue weighted by Gasteiger charge is 2.13. The van der Waals surface area contributed by atoms with Crippen molar-refractivity contribution in [1.82, 2.24) is 20.1 Å². The minimum absolute atomic E-state index is 0.218. The fourth-order valence-corrected chi connectivity index (χ4v) is 2.52. The molecular weight excluding hydrogens is 248 g/mol. The molecule has 108 valence electrons. The van der Waals surface area contributed by atoms with Crippen LogP contribution in [0.2, 0.25) is 0 Å². The molecule has 4 nitrogen and oxygen atoms in total. The molecule has 20 heavy (non-hydrogen) atoms. The van der Waals surface area contributed by atoms with Crippen LogP contribution in [0.3, 0.4) is 0 Å². The van der Waals surface area contributed by atoms with Crippen molar-refractivity contribution in [1.29, 1.82) is 0 Å².